The fraction of sp³-hybridized carbons (Fsp3) is 0.449. The molecule has 1 amide bonds. The van der Waals surface area contributed by atoms with E-state index in [1.54, 1.807) is 11.3 Å². The number of ether oxygens (including phenoxy) is 1. The highest BCUT2D eigenvalue weighted by Crippen LogP contribution is 2.39. The van der Waals surface area contributed by atoms with Crippen LogP contribution in [-0.2, 0) is 16.1 Å². The molecule has 7 aromatic rings. The van der Waals surface area contributed by atoms with Crippen molar-refractivity contribution in [2.75, 3.05) is 13.7 Å². The van der Waals surface area contributed by atoms with E-state index in [1.807, 2.05) is 18.7 Å². The Morgan fingerprint density at radius 3 is 2.30 bits per heavy atom. The van der Waals surface area contributed by atoms with Gasteiger partial charge >= 0.3 is 0 Å². The van der Waals surface area contributed by atoms with Crippen molar-refractivity contribution >= 4 is 60.2 Å². The van der Waals surface area contributed by atoms with Crippen molar-refractivity contribution in [3.05, 3.63) is 84.4 Å². The first-order valence-electron chi connectivity index (χ1n) is 22.2. The Labute approximate surface area is 362 Å². The summed E-state index contributed by atoms with van der Waals surface area (Å²) in [5.74, 6) is 2.33. The molecule has 12 heteroatoms. The summed E-state index contributed by atoms with van der Waals surface area (Å²) in [6.45, 7) is 9.37. The van der Waals surface area contributed by atoms with Crippen LogP contribution in [0.25, 0.3) is 64.5 Å². The fourth-order valence-electron chi connectivity index (χ4n) is 9.09. The lowest BCUT2D eigenvalue weighted by molar-refractivity contribution is -0.147. The van der Waals surface area contributed by atoms with Gasteiger partial charge in [0.15, 0.2) is 0 Å². The number of aromatic amines is 2. The average Bonchev–Trinajstić information content (AvgIpc) is 4.03. The number of fused-ring (bicyclic) bond motifs is 6. The molecule has 0 saturated heterocycles. The number of carbonyl (C=O) groups excluding carboxylic acids is 1. The second-order valence-corrected chi connectivity index (χ2v) is 18.8. The highest BCUT2D eigenvalue weighted by atomic mass is 32.1. The summed E-state index contributed by atoms with van der Waals surface area (Å²) in [6, 6.07) is 25.9. The zero-order valence-corrected chi connectivity index (χ0v) is 37.0. The standard InChI is InChI=1S/C49H62N8O3S/c1-28(2)38(51)25-35(10-9-23-50)47-53-39-21-18-33-24-32(17-20-37(33)44(39)55-47)30-13-15-31(16-14-30)41-26-34-19-22-40-45(46(34)61-41)54-42(52-40)27-57(36-11-7-6-8-12-36)48(58)43(29(3)4)56-49(59)60-5/h13-22,24,26,28-29,35-36,38,43,49,56,59H,6-12,23,25,27,50-51H2,1-5H3,(H,52,54)(H,53,55)/t35?,38-,43+,49?/m1/s1. The van der Waals surface area contributed by atoms with Crippen LogP contribution < -0.4 is 16.8 Å². The van der Waals surface area contributed by atoms with E-state index in [0.29, 0.717) is 19.0 Å². The van der Waals surface area contributed by atoms with Crippen LogP contribution in [0.1, 0.15) is 96.6 Å². The number of imidazole rings is 2. The first-order valence-corrected chi connectivity index (χ1v) is 23.0. The largest absolute Gasteiger partial charge is 0.356 e. The third-order valence-corrected chi connectivity index (χ3v) is 14.1. The molecule has 1 aliphatic carbocycles. The number of hydrogen-bond donors (Lipinski definition) is 6. The minimum Gasteiger partial charge on any atom is -0.356 e. The minimum atomic E-state index is -1.22. The van der Waals surface area contributed by atoms with Crippen LogP contribution in [0.3, 0.4) is 0 Å². The van der Waals surface area contributed by atoms with Gasteiger partial charge in [0.2, 0.25) is 12.3 Å². The molecule has 4 atom stereocenters. The number of nitrogens with two attached hydrogens (primary N) is 2. The zero-order chi connectivity index (χ0) is 42.8. The second-order valence-electron chi connectivity index (χ2n) is 17.8. The van der Waals surface area contributed by atoms with E-state index in [-0.39, 0.29) is 29.8 Å². The number of hydrogen-bond acceptors (Lipinski definition) is 9. The third kappa shape index (κ3) is 9.26. The monoisotopic (exact) mass is 842 g/mol. The van der Waals surface area contributed by atoms with Gasteiger partial charge < -0.3 is 36.2 Å². The van der Waals surface area contributed by atoms with Crippen LogP contribution in [0.4, 0.5) is 0 Å². The van der Waals surface area contributed by atoms with E-state index in [9.17, 15) is 9.90 Å². The van der Waals surface area contributed by atoms with Crippen molar-refractivity contribution in [3.8, 4) is 21.6 Å². The highest BCUT2D eigenvalue weighted by molar-refractivity contribution is 7.23. The van der Waals surface area contributed by atoms with Gasteiger partial charge in [-0.3, -0.25) is 10.1 Å². The molecule has 8 rings (SSSR count). The van der Waals surface area contributed by atoms with Gasteiger partial charge in [0.05, 0.1) is 39.4 Å². The van der Waals surface area contributed by atoms with E-state index in [2.05, 4.69) is 102 Å². The molecule has 0 bridgehead atoms. The number of rotatable bonds is 17. The normalized spacial score (nSPS) is 16.0. The number of methoxy groups -OCH3 is 1. The molecule has 3 heterocycles. The van der Waals surface area contributed by atoms with Gasteiger partial charge in [-0.2, -0.15) is 0 Å². The minimum absolute atomic E-state index is 0.0378. The van der Waals surface area contributed by atoms with Crippen LogP contribution in [0.15, 0.2) is 72.8 Å². The molecule has 11 nitrogen and oxygen atoms in total. The van der Waals surface area contributed by atoms with E-state index in [4.69, 9.17) is 26.2 Å². The summed E-state index contributed by atoms with van der Waals surface area (Å²) >= 11 is 1.76. The number of carbonyl (C=O) groups is 1. The summed E-state index contributed by atoms with van der Waals surface area (Å²) in [6.07, 6.45) is 6.87. The Balaban J connectivity index is 1.03. The third-order valence-electron chi connectivity index (χ3n) is 12.8. The number of aromatic nitrogens is 4. The smallest absolute Gasteiger partial charge is 0.240 e. The lowest BCUT2D eigenvalue weighted by Crippen LogP contribution is -2.55. The molecule has 1 saturated carbocycles. The van der Waals surface area contributed by atoms with Gasteiger partial charge in [0, 0.05) is 35.4 Å². The van der Waals surface area contributed by atoms with Gasteiger partial charge in [-0.15, -0.1) is 11.3 Å². The van der Waals surface area contributed by atoms with E-state index in [1.165, 1.54) is 23.8 Å². The quantitative estimate of drug-likeness (QED) is 0.0493. The summed E-state index contributed by atoms with van der Waals surface area (Å²) in [7, 11) is 1.42. The predicted octanol–water partition coefficient (Wildman–Crippen LogP) is 9.53. The molecule has 0 spiro atoms. The van der Waals surface area contributed by atoms with Crippen molar-refractivity contribution < 1.29 is 14.6 Å². The number of thiophene rings is 1. The Morgan fingerprint density at radius 2 is 1.59 bits per heavy atom. The van der Waals surface area contributed by atoms with E-state index >= 15 is 0 Å². The molecule has 1 fully saturated rings. The SMILES string of the molecule is COC(O)N[C@H](C(=O)N(Cc1nc2ccc3cc(-c4ccc(-c5ccc6c(ccc7nc(C(CCCN)C[C@@H](N)C(C)C)[nH]c76)c5)cc4)sc3c2[nH]1)C1CCCCC1)C(C)C. The maximum atomic E-state index is 14.2. The van der Waals surface area contributed by atoms with Crippen molar-refractivity contribution in [3.63, 3.8) is 0 Å². The maximum Gasteiger partial charge on any atom is 0.240 e. The molecular weight excluding hydrogens is 781 g/mol. The lowest BCUT2D eigenvalue weighted by atomic mass is 9.90. The topological polar surface area (TPSA) is 171 Å². The van der Waals surface area contributed by atoms with Crippen molar-refractivity contribution in [2.45, 2.75) is 116 Å². The Kier molecular flexibility index (Phi) is 13.2. The molecular formula is C49H62N8O3S. The highest BCUT2D eigenvalue weighted by Gasteiger charge is 2.34. The first-order chi connectivity index (χ1) is 29.5. The van der Waals surface area contributed by atoms with Gasteiger partial charge in [-0.25, -0.2) is 9.97 Å². The maximum absolute atomic E-state index is 14.2. The van der Waals surface area contributed by atoms with Crippen LogP contribution in [0, 0.1) is 11.8 Å². The Bertz CT molecular complexity index is 2590. The van der Waals surface area contributed by atoms with Crippen LogP contribution in [0.2, 0.25) is 0 Å². The number of aliphatic hydroxyl groups is 1. The molecule has 322 valence electrons. The van der Waals surface area contributed by atoms with Gasteiger partial charge in [0.25, 0.3) is 0 Å². The number of H-pyrrole nitrogens is 2. The van der Waals surface area contributed by atoms with Crippen LogP contribution >= 0.6 is 11.3 Å². The number of amides is 1. The molecule has 61 heavy (non-hydrogen) atoms. The van der Waals surface area contributed by atoms with Gasteiger partial charge in [0.1, 0.15) is 11.6 Å². The summed E-state index contributed by atoms with van der Waals surface area (Å²) < 4.78 is 6.21. The molecule has 4 aromatic carbocycles. The average molecular weight is 843 g/mol. The summed E-state index contributed by atoms with van der Waals surface area (Å²) in [5, 5.41) is 16.7. The molecule has 8 N–H and O–H groups in total. The molecule has 0 radical (unpaired) electrons. The molecule has 1 aliphatic rings. The van der Waals surface area contributed by atoms with Gasteiger partial charge in [-0.1, -0.05) is 95.5 Å². The number of aliphatic hydroxyl groups excluding tert-OH is 1. The van der Waals surface area contributed by atoms with Crippen molar-refractivity contribution in [2.24, 2.45) is 23.3 Å². The Hall–Kier alpha value is -4.69. The Morgan fingerprint density at radius 1 is 0.885 bits per heavy atom. The molecule has 0 aliphatic heterocycles. The van der Waals surface area contributed by atoms with Crippen LogP contribution in [-0.4, -0.2) is 74.0 Å². The van der Waals surface area contributed by atoms with E-state index < -0.39 is 12.5 Å². The number of nitrogens with one attached hydrogen (secondary N) is 3. The number of nitrogens with zero attached hydrogens (tertiary/aromatic N) is 3. The number of benzene rings is 4. The van der Waals surface area contributed by atoms with Crippen LogP contribution in [0.5, 0.6) is 0 Å². The predicted molar refractivity (Wildman–Crippen MR) is 250 cm³/mol. The fourth-order valence-corrected chi connectivity index (χ4v) is 10.3. The molecule has 3 aromatic heterocycles. The second kappa shape index (κ2) is 18.7. The van der Waals surface area contributed by atoms with E-state index in [0.717, 1.165) is 111 Å². The summed E-state index contributed by atoms with van der Waals surface area (Å²) in [5.41, 5.74) is 19.8. The van der Waals surface area contributed by atoms with Crippen molar-refractivity contribution in [1.82, 2.24) is 30.2 Å². The first kappa shape index (κ1) is 43.0. The summed E-state index contributed by atoms with van der Waals surface area (Å²) in [4.78, 5) is 34.7. The lowest BCUT2D eigenvalue weighted by Gasteiger charge is -2.37. The zero-order valence-electron chi connectivity index (χ0n) is 36.2. The van der Waals surface area contributed by atoms with Gasteiger partial charge in [-0.05, 0) is 102 Å². The molecule has 2 unspecified atom stereocenters. The van der Waals surface area contributed by atoms with Crippen molar-refractivity contribution in [1.29, 1.82) is 0 Å².